The van der Waals surface area contributed by atoms with E-state index in [1.807, 2.05) is 30.3 Å². The number of hydrogen-bond donors (Lipinski definition) is 1. The maximum atomic E-state index is 12.0. The van der Waals surface area contributed by atoms with Gasteiger partial charge in [0.15, 0.2) is 0 Å². The normalized spacial score (nSPS) is 11.9. The summed E-state index contributed by atoms with van der Waals surface area (Å²) in [6, 6.07) is 19.4. The van der Waals surface area contributed by atoms with E-state index in [0.29, 0.717) is 22.4 Å². The number of aliphatic imine (C=N–C) groups is 1. The molecule has 0 bridgehead atoms. The van der Waals surface area contributed by atoms with Crippen molar-refractivity contribution in [3.63, 3.8) is 0 Å². The molecule has 0 fully saturated rings. The van der Waals surface area contributed by atoms with Crippen molar-refractivity contribution in [1.29, 1.82) is 0 Å². The second-order valence-electron chi connectivity index (χ2n) is 6.24. The molecule has 130 valence electrons. The minimum Gasteiger partial charge on any atom is -0.508 e. The number of hydrogen-bond acceptors (Lipinski definition) is 5. The second-order valence-corrected chi connectivity index (χ2v) is 6.24. The van der Waals surface area contributed by atoms with Gasteiger partial charge in [0, 0.05) is 40.1 Å². The van der Waals surface area contributed by atoms with Crippen LogP contribution in [0.1, 0.15) is 5.56 Å². The van der Waals surface area contributed by atoms with Crippen molar-refractivity contribution >= 4 is 44.8 Å². The third-order valence-corrected chi connectivity index (χ3v) is 4.48. The number of furan rings is 1. The van der Waals surface area contributed by atoms with E-state index in [-0.39, 0.29) is 5.75 Å². The highest BCUT2D eigenvalue weighted by molar-refractivity contribution is 6.11. The lowest BCUT2D eigenvalue weighted by Gasteiger charge is -2.01. The Kier molecular flexibility index (Phi) is 3.33. The number of nitrogens with zero attached hydrogens (tertiary/aromatic N) is 1. The predicted molar refractivity (Wildman–Crippen MR) is 105 cm³/mol. The van der Waals surface area contributed by atoms with Gasteiger partial charge in [0.05, 0.1) is 5.69 Å². The van der Waals surface area contributed by atoms with Crippen molar-refractivity contribution in [3.05, 3.63) is 82.7 Å². The first-order valence-electron chi connectivity index (χ1n) is 8.40. The number of phenols is 1. The summed E-state index contributed by atoms with van der Waals surface area (Å²) in [6.45, 7) is 0. The van der Waals surface area contributed by atoms with Crippen LogP contribution < -0.4 is 5.63 Å². The summed E-state index contributed by atoms with van der Waals surface area (Å²) in [6.07, 6.45) is 1.62. The average Bonchev–Trinajstić information content (AvgIpc) is 3.03. The van der Waals surface area contributed by atoms with Gasteiger partial charge in [-0.25, -0.2) is 4.79 Å². The van der Waals surface area contributed by atoms with Gasteiger partial charge in [0.2, 0.25) is 0 Å². The van der Waals surface area contributed by atoms with Crippen molar-refractivity contribution in [2.24, 2.45) is 4.99 Å². The van der Waals surface area contributed by atoms with Gasteiger partial charge in [-0.2, -0.15) is 0 Å². The third kappa shape index (κ3) is 2.66. The van der Waals surface area contributed by atoms with E-state index in [2.05, 4.69) is 4.99 Å². The molecule has 2 heterocycles. The fourth-order valence-electron chi connectivity index (χ4n) is 3.19. The van der Waals surface area contributed by atoms with Crippen LogP contribution in [0.25, 0.3) is 32.9 Å². The Morgan fingerprint density at radius 2 is 1.56 bits per heavy atom. The molecule has 27 heavy (non-hydrogen) atoms. The van der Waals surface area contributed by atoms with E-state index >= 15 is 0 Å². The van der Waals surface area contributed by atoms with Gasteiger partial charge in [0.1, 0.15) is 22.5 Å². The van der Waals surface area contributed by atoms with Crippen molar-refractivity contribution in [2.45, 2.75) is 0 Å². The van der Waals surface area contributed by atoms with Gasteiger partial charge in [-0.05, 0) is 36.4 Å². The summed E-state index contributed by atoms with van der Waals surface area (Å²) in [5, 5.41) is 12.1. The Bertz CT molecular complexity index is 1390. The zero-order chi connectivity index (χ0) is 18.4. The first-order chi connectivity index (χ1) is 13.2. The molecule has 0 atom stereocenters. The molecule has 0 aliphatic heterocycles. The summed E-state index contributed by atoms with van der Waals surface area (Å²) in [5.74, 6) is 0.175. The average molecular weight is 355 g/mol. The molecule has 0 aliphatic carbocycles. The molecule has 5 rings (SSSR count). The van der Waals surface area contributed by atoms with Gasteiger partial charge >= 0.3 is 5.63 Å². The van der Waals surface area contributed by atoms with Crippen LogP contribution in [-0.4, -0.2) is 11.3 Å². The zero-order valence-corrected chi connectivity index (χ0v) is 14.0. The van der Waals surface area contributed by atoms with Gasteiger partial charge in [-0.15, -0.1) is 0 Å². The molecule has 5 nitrogen and oxygen atoms in total. The topological polar surface area (TPSA) is 75.9 Å². The number of fused-ring (bicyclic) bond motifs is 4. The fraction of sp³-hybridized carbons (Fsp3) is 0. The minimum absolute atomic E-state index is 0.175. The second kappa shape index (κ2) is 5.85. The Labute approximate surface area is 152 Å². The lowest BCUT2D eigenvalue weighted by molar-refractivity contribution is 0.475. The molecule has 5 aromatic rings. The van der Waals surface area contributed by atoms with E-state index in [4.69, 9.17) is 8.83 Å². The van der Waals surface area contributed by atoms with E-state index in [1.165, 1.54) is 6.07 Å². The summed E-state index contributed by atoms with van der Waals surface area (Å²) >= 11 is 0. The highest BCUT2D eigenvalue weighted by Crippen LogP contribution is 2.32. The Morgan fingerprint density at radius 3 is 2.41 bits per heavy atom. The quantitative estimate of drug-likeness (QED) is 0.351. The molecule has 0 aliphatic rings. The Balaban J connectivity index is 1.74. The molecular weight excluding hydrogens is 342 g/mol. The Hall–Kier alpha value is -3.86. The van der Waals surface area contributed by atoms with E-state index in [1.54, 1.807) is 36.5 Å². The first kappa shape index (κ1) is 15.4. The summed E-state index contributed by atoms with van der Waals surface area (Å²) in [5.41, 5.74) is 2.76. The smallest absolute Gasteiger partial charge is 0.336 e. The molecule has 3 aromatic carbocycles. The van der Waals surface area contributed by atoms with Crippen LogP contribution in [0.4, 0.5) is 5.69 Å². The third-order valence-electron chi connectivity index (χ3n) is 4.48. The number of aromatic hydroxyl groups is 1. The molecule has 0 amide bonds. The van der Waals surface area contributed by atoms with Crippen molar-refractivity contribution < 1.29 is 13.9 Å². The van der Waals surface area contributed by atoms with Crippen LogP contribution in [0.3, 0.4) is 0 Å². The van der Waals surface area contributed by atoms with E-state index in [9.17, 15) is 9.90 Å². The zero-order valence-electron chi connectivity index (χ0n) is 14.0. The van der Waals surface area contributed by atoms with Crippen molar-refractivity contribution in [2.75, 3.05) is 0 Å². The minimum atomic E-state index is -0.454. The molecule has 0 saturated carbocycles. The summed E-state index contributed by atoms with van der Waals surface area (Å²) in [7, 11) is 0. The van der Waals surface area contributed by atoms with E-state index in [0.717, 1.165) is 21.7 Å². The van der Waals surface area contributed by atoms with Gasteiger partial charge in [0.25, 0.3) is 0 Å². The van der Waals surface area contributed by atoms with Gasteiger partial charge < -0.3 is 13.9 Å². The predicted octanol–water partition coefficient (Wildman–Crippen LogP) is 5.15. The summed E-state index contributed by atoms with van der Waals surface area (Å²) < 4.78 is 11.2. The molecule has 0 saturated heterocycles. The number of para-hydroxylation sites is 1. The van der Waals surface area contributed by atoms with Crippen LogP contribution in [0.5, 0.6) is 5.75 Å². The lowest BCUT2D eigenvalue weighted by atomic mass is 10.1. The molecule has 0 radical (unpaired) electrons. The highest BCUT2D eigenvalue weighted by atomic mass is 16.4. The van der Waals surface area contributed by atoms with Crippen molar-refractivity contribution in [1.82, 2.24) is 0 Å². The van der Waals surface area contributed by atoms with Gasteiger partial charge in [-0.3, -0.25) is 4.99 Å². The van der Waals surface area contributed by atoms with Crippen LogP contribution in [0.15, 0.2) is 85.4 Å². The summed E-state index contributed by atoms with van der Waals surface area (Å²) in [4.78, 5) is 16.4. The first-order valence-corrected chi connectivity index (χ1v) is 8.40. The molecular formula is C22H13NO4. The number of rotatable bonds is 2. The molecule has 2 aromatic heterocycles. The van der Waals surface area contributed by atoms with Crippen LogP contribution in [-0.2, 0) is 0 Å². The monoisotopic (exact) mass is 355 g/mol. The lowest BCUT2D eigenvalue weighted by Crippen LogP contribution is -2.00. The molecule has 1 N–H and O–H groups in total. The maximum Gasteiger partial charge on any atom is 0.336 e. The number of phenolic OH excluding ortho intramolecular Hbond substituents is 1. The molecule has 0 spiro atoms. The van der Waals surface area contributed by atoms with Crippen LogP contribution >= 0.6 is 0 Å². The van der Waals surface area contributed by atoms with Crippen molar-refractivity contribution in [3.8, 4) is 5.75 Å². The number of benzene rings is 3. The largest absolute Gasteiger partial charge is 0.508 e. The highest BCUT2D eigenvalue weighted by Gasteiger charge is 2.11. The standard InChI is InChI=1S/C22H13NO4/c24-15-7-5-14(6-8-15)23-12-13-9-22(25)27-20-11-21-18(10-17(13)20)16-3-1-2-4-19(16)26-21/h1-12,24H. The van der Waals surface area contributed by atoms with Crippen LogP contribution in [0.2, 0.25) is 0 Å². The maximum absolute atomic E-state index is 12.0. The Morgan fingerprint density at radius 1 is 0.778 bits per heavy atom. The van der Waals surface area contributed by atoms with Gasteiger partial charge in [-0.1, -0.05) is 18.2 Å². The molecule has 5 heteroatoms. The van der Waals surface area contributed by atoms with Crippen LogP contribution in [0, 0.1) is 0 Å². The molecule has 0 unspecified atom stereocenters. The van der Waals surface area contributed by atoms with E-state index < -0.39 is 5.63 Å². The SMILES string of the molecule is O=c1cc(C=Nc2ccc(O)cc2)c2cc3c(cc2o1)oc1ccccc13. The fourth-order valence-corrected chi connectivity index (χ4v) is 3.19.